The number of carbonyl (C=O) groups excluding carboxylic acids is 1. The van der Waals surface area contributed by atoms with Crippen molar-refractivity contribution in [2.75, 3.05) is 19.5 Å². The number of nitrogens with one attached hydrogen (secondary N) is 1. The van der Waals surface area contributed by atoms with Gasteiger partial charge >= 0.3 is 0 Å². The predicted octanol–water partition coefficient (Wildman–Crippen LogP) is 5.47. The zero-order valence-electron chi connectivity index (χ0n) is 15.9. The molecule has 7 nitrogen and oxygen atoms in total. The zero-order valence-corrected chi connectivity index (χ0v) is 17.4. The topological polar surface area (TPSA) is 86.5 Å². The minimum atomic E-state index is -0.420. The molecule has 2 heterocycles. The summed E-state index contributed by atoms with van der Waals surface area (Å²) in [6.45, 7) is 0. The molecule has 2 aromatic heterocycles. The molecule has 9 heteroatoms. The Morgan fingerprint density at radius 2 is 1.83 bits per heavy atom. The number of benzene rings is 2. The third-order valence-electron chi connectivity index (χ3n) is 4.32. The molecule has 0 spiro atoms. The molecule has 0 saturated carbocycles. The van der Waals surface area contributed by atoms with Gasteiger partial charge in [0.1, 0.15) is 5.75 Å². The SMILES string of the molecule is COc1ccc(-c2nc3ncccc3o2)cc1NC(=O)c1cc(Cl)c(OC)c(Cl)c1. The van der Waals surface area contributed by atoms with Crippen LogP contribution in [0.4, 0.5) is 5.69 Å². The van der Waals surface area contributed by atoms with Crippen LogP contribution in [-0.2, 0) is 0 Å². The van der Waals surface area contributed by atoms with Crippen LogP contribution in [-0.4, -0.2) is 30.1 Å². The van der Waals surface area contributed by atoms with Gasteiger partial charge in [-0.05, 0) is 42.5 Å². The highest BCUT2D eigenvalue weighted by molar-refractivity contribution is 6.37. The first kappa shape index (κ1) is 20.0. The average molecular weight is 444 g/mol. The number of pyridine rings is 1. The van der Waals surface area contributed by atoms with Crippen molar-refractivity contribution >= 4 is 46.0 Å². The van der Waals surface area contributed by atoms with Crippen LogP contribution in [0.3, 0.4) is 0 Å². The molecule has 2 aromatic carbocycles. The Kier molecular flexibility index (Phi) is 5.48. The predicted molar refractivity (Wildman–Crippen MR) is 115 cm³/mol. The van der Waals surface area contributed by atoms with Crippen molar-refractivity contribution < 1.29 is 18.7 Å². The van der Waals surface area contributed by atoms with E-state index in [4.69, 9.17) is 37.1 Å². The monoisotopic (exact) mass is 443 g/mol. The number of anilines is 1. The normalized spacial score (nSPS) is 10.8. The molecule has 0 aliphatic carbocycles. The smallest absolute Gasteiger partial charge is 0.255 e. The summed E-state index contributed by atoms with van der Waals surface area (Å²) < 4.78 is 16.2. The lowest BCUT2D eigenvalue weighted by Gasteiger charge is -2.12. The number of rotatable bonds is 5. The number of halogens is 2. The van der Waals surface area contributed by atoms with Crippen LogP contribution in [0, 0.1) is 0 Å². The van der Waals surface area contributed by atoms with Crippen LogP contribution in [0.5, 0.6) is 11.5 Å². The molecule has 0 atom stereocenters. The van der Waals surface area contributed by atoms with E-state index >= 15 is 0 Å². The van der Waals surface area contributed by atoms with Crippen molar-refractivity contribution in [2.24, 2.45) is 0 Å². The summed E-state index contributed by atoms with van der Waals surface area (Å²) in [5.41, 5.74) is 2.41. The molecule has 0 radical (unpaired) electrons. The highest BCUT2D eigenvalue weighted by atomic mass is 35.5. The fourth-order valence-corrected chi connectivity index (χ4v) is 3.55. The van der Waals surface area contributed by atoms with E-state index in [1.807, 2.05) is 0 Å². The summed E-state index contributed by atoms with van der Waals surface area (Å²) in [5.74, 6) is 0.722. The highest BCUT2D eigenvalue weighted by Gasteiger charge is 2.17. The number of fused-ring (bicyclic) bond motifs is 1. The molecule has 4 rings (SSSR count). The second-order valence-electron chi connectivity index (χ2n) is 6.19. The Morgan fingerprint density at radius 1 is 1.07 bits per heavy atom. The molecule has 1 N–H and O–H groups in total. The summed E-state index contributed by atoms with van der Waals surface area (Å²) in [6.07, 6.45) is 1.64. The van der Waals surface area contributed by atoms with E-state index in [0.29, 0.717) is 39.9 Å². The fraction of sp³-hybridized carbons (Fsp3) is 0.0952. The van der Waals surface area contributed by atoms with Crippen LogP contribution in [0.2, 0.25) is 10.0 Å². The molecule has 0 saturated heterocycles. The fourth-order valence-electron chi connectivity index (χ4n) is 2.91. The number of amides is 1. The van der Waals surface area contributed by atoms with E-state index in [9.17, 15) is 4.79 Å². The van der Waals surface area contributed by atoms with Gasteiger partial charge in [-0.25, -0.2) is 4.98 Å². The minimum absolute atomic E-state index is 0.231. The van der Waals surface area contributed by atoms with Crippen LogP contribution in [0.15, 0.2) is 53.1 Å². The quantitative estimate of drug-likeness (QED) is 0.440. The van der Waals surface area contributed by atoms with Gasteiger partial charge in [-0.15, -0.1) is 0 Å². The van der Waals surface area contributed by atoms with E-state index < -0.39 is 5.91 Å². The summed E-state index contributed by atoms with van der Waals surface area (Å²) in [7, 11) is 2.96. The lowest BCUT2D eigenvalue weighted by molar-refractivity contribution is 0.102. The molecule has 1 amide bonds. The maximum atomic E-state index is 12.8. The van der Waals surface area contributed by atoms with Gasteiger partial charge in [-0.1, -0.05) is 23.2 Å². The van der Waals surface area contributed by atoms with E-state index in [1.54, 1.807) is 36.5 Å². The second kappa shape index (κ2) is 8.22. The summed E-state index contributed by atoms with van der Waals surface area (Å²) in [4.78, 5) is 21.3. The molecule has 0 unspecified atom stereocenters. The molecule has 0 aliphatic rings. The molecule has 4 aromatic rings. The van der Waals surface area contributed by atoms with Crippen LogP contribution in [0.25, 0.3) is 22.7 Å². The zero-order chi connectivity index (χ0) is 21.3. The molecular weight excluding hydrogens is 429 g/mol. The van der Waals surface area contributed by atoms with Gasteiger partial charge in [0.2, 0.25) is 5.89 Å². The Bertz CT molecular complexity index is 1200. The maximum Gasteiger partial charge on any atom is 0.255 e. The standard InChI is InChI=1S/C21H15Cl2N3O4/c1-28-16-6-5-11(21-26-19-17(30-21)4-3-7-24-19)10-15(16)25-20(27)12-8-13(22)18(29-2)14(23)9-12/h3-10H,1-2H3,(H,25,27). The number of nitrogens with zero attached hydrogens (tertiary/aromatic N) is 2. The van der Waals surface area contributed by atoms with E-state index in [-0.39, 0.29) is 15.6 Å². The molecule has 0 bridgehead atoms. The second-order valence-corrected chi connectivity index (χ2v) is 7.00. The number of carbonyl (C=O) groups is 1. The van der Waals surface area contributed by atoms with Crippen molar-refractivity contribution in [2.45, 2.75) is 0 Å². The third-order valence-corrected chi connectivity index (χ3v) is 4.89. The third kappa shape index (κ3) is 3.77. The van der Waals surface area contributed by atoms with Crippen molar-refractivity contribution in [1.82, 2.24) is 9.97 Å². The molecule has 30 heavy (non-hydrogen) atoms. The number of ether oxygens (including phenoxy) is 2. The average Bonchev–Trinajstić information content (AvgIpc) is 3.17. The number of methoxy groups -OCH3 is 2. The van der Waals surface area contributed by atoms with Gasteiger partial charge in [-0.2, -0.15) is 4.98 Å². The van der Waals surface area contributed by atoms with Gasteiger partial charge in [0.05, 0.1) is 30.0 Å². The molecular formula is C21H15Cl2N3O4. The van der Waals surface area contributed by atoms with Gasteiger partial charge in [0.25, 0.3) is 5.91 Å². The Labute approximate surface area is 181 Å². The number of aromatic nitrogens is 2. The minimum Gasteiger partial charge on any atom is -0.495 e. The highest BCUT2D eigenvalue weighted by Crippen LogP contribution is 2.35. The van der Waals surface area contributed by atoms with Crippen LogP contribution < -0.4 is 14.8 Å². The largest absolute Gasteiger partial charge is 0.495 e. The van der Waals surface area contributed by atoms with E-state index in [2.05, 4.69) is 15.3 Å². The number of hydrogen-bond acceptors (Lipinski definition) is 6. The maximum absolute atomic E-state index is 12.8. The van der Waals surface area contributed by atoms with Crippen molar-refractivity contribution in [3.8, 4) is 23.0 Å². The first-order valence-corrected chi connectivity index (χ1v) is 9.50. The first-order chi connectivity index (χ1) is 14.5. The Hall–Kier alpha value is -3.29. The van der Waals surface area contributed by atoms with Gasteiger partial charge in [0.15, 0.2) is 17.0 Å². The van der Waals surface area contributed by atoms with E-state index in [1.165, 1.54) is 26.4 Å². The summed E-state index contributed by atoms with van der Waals surface area (Å²) in [5, 5.41) is 3.27. The Balaban J connectivity index is 1.68. The number of hydrogen-bond donors (Lipinski definition) is 1. The lowest BCUT2D eigenvalue weighted by Crippen LogP contribution is -2.13. The lowest BCUT2D eigenvalue weighted by atomic mass is 10.1. The van der Waals surface area contributed by atoms with Crippen molar-refractivity contribution in [3.05, 3.63) is 64.3 Å². The molecule has 152 valence electrons. The van der Waals surface area contributed by atoms with Crippen molar-refractivity contribution in [3.63, 3.8) is 0 Å². The molecule has 0 fully saturated rings. The molecule has 0 aliphatic heterocycles. The first-order valence-electron chi connectivity index (χ1n) is 8.74. The summed E-state index contributed by atoms with van der Waals surface area (Å²) in [6, 6.07) is 11.7. The van der Waals surface area contributed by atoms with E-state index in [0.717, 1.165) is 0 Å². The van der Waals surface area contributed by atoms with Crippen molar-refractivity contribution in [1.29, 1.82) is 0 Å². The van der Waals surface area contributed by atoms with Crippen LogP contribution in [0.1, 0.15) is 10.4 Å². The van der Waals surface area contributed by atoms with Gasteiger partial charge in [-0.3, -0.25) is 4.79 Å². The van der Waals surface area contributed by atoms with Gasteiger partial charge in [0, 0.05) is 17.3 Å². The van der Waals surface area contributed by atoms with Crippen LogP contribution >= 0.6 is 23.2 Å². The summed E-state index contributed by atoms with van der Waals surface area (Å²) >= 11 is 12.3. The van der Waals surface area contributed by atoms with Gasteiger partial charge < -0.3 is 19.2 Å². The Morgan fingerprint density at radius 3 is 2.50 bits per heavy atom. The number of oxazole rings is 1.